The molecule has 0 saturated heterocycles. The standard InChI is InChI=1S/C9H10O4/c1-5-7(13-2)4-3-6(10)8(5)9(11)12/h3-4,10H,1-2H3,(H,11,12). The number of carbonyl (C=O) groups is 1. The molecule has 0 heterocycles. The molecule has 0 bridgehead atoms. The van der Waals surface area contributed by atoms with Crippen LogP contribution in [0, 0.1) is 6.92 Å². The Morgan fingerprint density at radius 1 is 1.46 bits per heavy atom. The molecule has 1 aromatic rings. The molecule has 0 radical (unpaired) electrons. The van der Waals surface area contributed by atoms with Gasteiger partial charge in [-0.2, -0.15) is 0 Å². The second-order valence-electron chi connectivity index (χ2n) is 2.59. The first kappa shape index (κ1) is 9.38. The fourth-order valence-electron chi connectivity index (χ4n) is 1.17. The van der Waals surface area contributed by atoms with Crippen molar-refractivity contribution in [1.29, 1.82) is 0 Å². The summed E-state index contributed by atoms with van der Waals surface area (Å²) in [5.74, 6) is -0.949. The van der Waals surface area contributed by atoms with Gasteiger partial charge in [-0.05, 0) is 19.1 Å². The van der Waals surface area contributed by atoms with E-state index in [1.54, 1.807) is 6.92 Å². The Balaban J connectivity index is 3.38. The van der Waals surface area contributed by atoms with Crippen molar-refractivity contribution in [3.63, 3.8) is 0 Å². The molecule has 4 heteroatoms. The Kier molecular flexibility index (Phi) is 2.41. The molecule has 0 saturated carbocycles. The van der Waals surface area contributed by atoms with Crippen molar-refractivity contribution >= 4 is 5.97 Å². The minimum atomic E-state index is -1.16. The molecule has 0 atom stereocenters. The smallest absolute Gasteiger partial charge is 0.339 e. The molecule has 70 valence electrons. The van der Waals surface area contributed by atoms with Gasteiger partial charge in [0.2, 0.25) is 0 Å². The molecule has 0 spiro atoms. The third kappa shape index (κ3) is 1.56. The maximum atomic E-state index is 10.7. The van der Waals surface area contributed by atoms with E-state index in [-0.39, 0.29) is 11.3 Å². The predicted octanol–water partition coefficient (Wildman–Crippen LogP) is 1.41. The molecular formula is C9H10O4. The zero-order chi connectivity index (χ0) is 10.0. The van der Waals surface area contributed by atoms with E-state index in [4.69, 9.17) is 9.84 Å². The minimum Gasteiger partial charge on any atom is -0.507 e. The second-order valence-corrected chi connectivity index (χ2v) is 2.59. The zero-order valence-corrected chi connectivity index (χ0v) is 7.37. The van der Waals surface area contributed by atoms with E-state index in [0.717, 1.165) is 0 Å². The van der Waals surface area contributed by atoms with Gasteiger partial charge >= 0.3 is 5.97 Å². The van der Waals surface area contributed by atoms with Crippen molar-refractivity contribution < 1.29 is 19.7 Å². The maximum absolute atomic E-state index is 10.7. The van der Waals surface area contributed by atoms with Crippen LogP contribution >= 0.6 is 0 Å². The van der Waals surface area contributed by atoms with E-state index < -0.39 is 5.97 Å². The maximum Gasteiger partial charge on any atom is 0.339 e. The molecule has 2 N–H and O–H groups in total. The van der Waals surface area contributed by atoms with E-state index in [1.165, 1.54) is 19.2 Å². The van der Waals surface area contributed by atoms with Gasteiger partial charge in [-0.3, -0.25) is 0 Å². The fourth-order valence-corrected chi connectivity index (χ4v) is 1.17. The lowest BCUT2D eigenvalue weighted by atomic mass is 10.1. The number of carboxylic acid groups (broad SMARTS) is 1. The van der Waals surface area contributed by atoms with Crippen LogP contribution in [-0.4, -0.2) is 23.3 Å². The van der Waals surface area contributed by atoms with Gasteiger partial charge in [-0.25, -0.2) is 4.79 Å². The van der Waals surface area contributed by atoms with Crippen LogP contribution in [0.5, 0.6) is 11.5 Å². The van der Waals surface area contributed by atoms with Gasteiger partial charge in [0.15, 0.2) is 0 Å². The number of phenols is 1. The van der Waals surface area contributed by atoms with Gasteiger partial charge in [0.05, 0.1) is 7.11 Å². The lowest BCUT2D eigenvalue weighted by Gasteiger charge is -2.08. The van der Waals surface area contributed by atoms with E-state index in [9.17, 15) is 9.90 Å². The molecular weight excluding hydrogens is 172 g/mol. The predicted molar refractivity (Wildman–Crippen MR) is 46.4 cm³/mol. The SMILES string of the molecule is COc1ccc(O)c(C(=O)O)c1C. The van der Waals surface area contributed by atoms with Crippen LogP contribution in [0.1, 0.15) is 15.9 Å². The number of methoxy groups -OCH3 is 1. The molecule has 1 aromatic carbocycles. The van der Waals surface area contributed by atoms with Crippen molar-refractivity contribution in [1.82, 2.24) is 0 Å². The highest BCUT2D eigenvalue weighted by atomic mass is 16.5. The number of carboxylic acids is 1. The number of ether oxygens (including phenoxy) is 1. The molecule has 4 nitrogen and oxygen atoms in total. The van der Waals surface area contributed by atoms with E-state index in [1.807, 2.05) is 0 Å². The molecule has 13 heavy (non-hydrogen) atoms. The van der Waals surface area contributed by atoms with Gasteiger partial charge < -0.3 is 14.9 Å². The summed E-state index contributed by atoms with van der Waals surface area (Å²) in [5.41, 5.74) is 0.314. The minimum absolute atomic E-state index is 0.112. The van der Waals surface area contributed by atoms with Crippen molar-refractivity contribution in [3.8, 4) is 11.5 Å². The Labute approximate surface area is 75.4 Å². The van der Waals surface area contributed by atoms with Crippen LogP contribution in [-0.2, 0) is 0 Å². The van der Waals surface area contributed by atoms with Crippen molar-refractivity contribution in [2.45, 2.75) is 6.92 Å². The monoisotopic (exact) mass is 182 g/mol. The summed E-state index contributed by atoms with van der Waals surface area (Å²) in [6, 6.07) is 2.83. The highest BCUT2D eigenvalue weighted by Gasteiger charge is 2.15. The van der Waals surface area contributed by atoms with Gasteiger partial charge in [0.25, 0.3) is 0 Å². The summed E-state index contributed by atoms with van der Waals surface area (Å²) in [7, 11) is 1.45. The number of hydrogen-bond acceptors (Lipinski definition) is 3. The van der Waals surface area contributed by atoms with Crippen molar-refractivity contribution in [3.05, 3.63) is 23.3 Å². The van der Waals surface area contributed by atoms with Gasteiger partial charge in [-0.1, -0.05) is 0 Å². The molecule has 0 unspecified atom stereocenters. The summed E-state index contributed by atoms with van der Waals surface area (Å²) in [5, 5.41) is 18.0. The Hall–Kier alpha value is -1.71. The number of aromatic hydroxyl groups is 1. The Morgan fingerprint density at radius 2 is 2.08 bits per heavy atom. The molecule has 0 aliphatic rings. The first-order valence-electron chi connectivity index (χ1n) is 3.67. The molecule has 0 fully saturated rings. The normalized spacial score (nSPS) is 9.69. The Morgan fingerprint density at radius 3 is 2.54 bits per heavy atom. The van der Waals surface area contributed by atoms with Crippen molar-refractivity contribution in [2.24, 2.45) is 0 Å². The van der Waals surface area contributed by atoms with Gasteiger partial charge in [-0.15, -0.1) is 0 Å². The van der Waals surface area contributed by atoms with E-state index >= 15 is 0 Å². The van der Waals surface area contributed by atoms with Crippen LogP contribution < -0.4 is 4.74 Å². The van der Waals surface area contributed by atoms with Crippen LogP contribution in [0.2, 0.25) is 0 Å². The average molecular weight is 182 g/mol. The molecule has 0 aliphatic heterocycles. The highest BCUT2D eigenvalue weighted by molar-refractivity contribution is 5.93. The Bertz CT molecular complexity index is 344. The van der Waals surface area contributed by atoms with Crippen LogP contribution in [0.25, 0.3) is 0 Å². The zero-order valence-electron chi connectivity index (χ0n) is 7.37. The first-order chi connectivity index (χ1) is 6.07. The summed E-state index contributed by atoms with van der Waals surface area (Å²) < 4.78 is 4.92. The quantitative estimate of drug-likeness (QED) is 0.725. The van der Waals surface area contributed by atoms with Gasteiger partial charge in [0.1, 0.15) is 17.1 Å². The number of hydrogen-bond donors (Lipinski definition) is 2. The highest BCUT2D eigenvalue weighted by Crippen LogP contribution is 2.28. The number of benzene rings is 1. The molecule has 0 aliphatic carbocycles. The third-order valence-corrected chi connectivity index (χ3v) is 1.83. The number of rotatable bonds is 2. The molecule has 1 rings (SSSR count). The summed E-state index contributed by atoms with van der Waals surface area (Å²) >= 11 is 0. The fraction of sp³-hybridized carbons (Fsp3) is 0.222. The first-order valence-corrected chi connectivity index (χ1v) is 3.67. The van der Waals surface area contributed by atoms with Crippen LogP contribution in [0.4, 0.5) is 0 Å². The summed E-state index contributed by atoms with van der Waals surface area (Å²) in [4.78, 5) is 10.7. The summed E-state index contributed by atoms with van der Waals surface area (Å²) in [6.07, 6.45) is 0. The van der Waals surface area contributed by atoms with Crippen molar-refractivity contribution in [2.75, 3.05) is 7.11 Å². The van der Waals surface area contributed by atoms with E-state index in [2.05, 4.69) is 0 Å². The topological polar surface area (TPSA) is 66.8 Å². The van der Waals surface area contributed by atoms with Crippen LogP contribution in [0.3, 0.4) is 0 Å². The number of aromatic carboxylic acids is 1. The largest absolute Gasteiger partial charge is 0.507 e. The second kappa shape index (κ2) is 3.35. The molecule has 0 aromatic heterocycles. The van der Waals surface area contributed by atoms with Gasteiger partial charge in [0, 0.05) is 5.56 Å². The lowest BCUT2D eigenvalue weighted by molar-refractivity contribution is 0.0692. The lowest BCUT2D eigenvalue weighted by Crippen LogP contribution is -2.01. The van der Waals surface area contributed by atoms with Crippen LogP contribution in [0.15, 0.2) is 12.1 Å². The average Bonchev–Trinajstić information content (AvgIpc) is 2.04. The third-order valence-electron chi connectivity index (χ3n) is 1.83. The summed E-state index contributed by atoms with van der Waals surface area (Å²) in [6.45, 7) is 1.59. The molecule has 0 amide bonds. The van der Waals surface area contributed by atoms with E-state index in [0.29, 0.717) is 11.3 Å².